The van der Waals surface area contributed by atoms with Crippen LogP contribution in [0.25, 0.3) is 11.6 Å². The van der Waals surface area contributed by atoms with Crippen LogP contribution in [0.1, 0.15) is 46.2 Å². The Kier molecular flexibility index (Phi) is 7.38. The number of likely N-dealkylation sites (N-methyl/N-ethyl adjacent to an activating group) is 1. The molecular formula is C26H34N4O4. The molecule has 1 fully saturated rings. The monoisotopic (exact) mass is 466 g/mol. The molecule has 34 heavy (non-hydrogen) atoms. The van der Waals surface area contributed by atoms with Crippen LogP contribution in [0, 0.1) is 6.92 Å². The Morgan fingerprint density at radius 2 is 1.97 bits per heavy atom. The van der Waals surface area contributed by atoms with Gasteiger partial charge in [0.15, 0.2) is 0 Å². The van der Waals surface area contributed by atoms with Gasteiger partial charge in [-0.25, -0.2) is 4.79 Å². The first-order valence-corrected chi connectivity index (χ1v) is 11.9. The number of rotatable bonds is 8. The Labute approximate surface area is 200 Å². The number of fused-ring (bicyclic) bond motifs is 1. The summed E-state index contributed by atoms with van der Waals surface area (Å²) in [4.78, 5) is 33.7. The summed E-state index contributed by atoms with van der Waals surface area (Å²) in [6.45, 7) is 9.24. The Bertz CT molecular complexity index is 1100. The van der Waals surface area contributed by atoms with Gasteiger partial charge in [-0.05, 0) is 70.1 Å². The highest BCUT2D eigenvalue weighted by Crippen LogP contribution is 2.36. The number of nitrogens with one attached hydrogen (secondary N) is 2. The number of H-pyrrole nitrogens is 1. The van der Waals surface area contributed by atoms with Crippen molar-refractivity contribution in [3.8, 4) is 5.75 Å². The largest absolute Gasteiger partial charge is 0.497 e. The quantitative estimate of drug-likeness (QED) is 0.459. The van der Waals surface area contributed by atoms with Crippen LogP contribution in [0.15, 0.2) is 18.2 Å². The molecule has 8 heteroatoms. The number of ether oxygens (including phenoxy) is 2. The highest BCUT2D eigenvalue weighted by molar-refractivity contribution is 6.35. The molecule has 2 aliphatic rings. The number of methoxy groups -OCH3 is 1. The lowest BCUT2D eigenvalue weighted by Crippen LogP contribution is -2.44. The Morgan fingerprint density at radius 1 is 1.21 bits per heavy atom. The highest BCUT2D eigenvalue weighted by Gasteiger charge is 2.27. The number of benzene rings is 1. The number of aromatic amines is 1. The summed E-state index contributed by atoms with van der Waals surface area (Å²) in [7, 11) is 3.76. The molecule has 0 unspecified atom stereocenters. The summed E-state index contributed by atoms with van der Waals surface area (Å²) in [6, 6.07) is 5.52. The van der Waals surface area contributed by atoms with Crippen molar-refractivity contribution in [3.63, 3.8) is 0 Å². The fraction of sp³-hybridized carbons (Fsp3) is 0.462. The van der Waals surface area contributed by atoms with Crippen molar-refractivity contribution in [3.05, 3.63) is 46.3 Å². The predicted molar refractivity (Wildman–Crippen MR) is 133 cm³/mol. The second-order valence-corrected chi connectivity index (χ2v) is 8.91. The smallest absolute Gasteiger partial charge is 0.340 e. The number of amides is 1. The van der Waals surface area contributed by atoms with E-state index in [2.05, 4.69) is 27.1 Å². The zero-order chi connectivity index (χ0) is 24.2. The molecule has 0 atom stereocenters. The Balaban J connectivity index is 1.64. The molecule has 1 amide bonds. The Morgan fingerprint density at radius 3 is 2.68 bits per heavy atom. The summed E-state index contributed by atoms with van der Waals surface area (Å²) in [5.41, 5.74) is 5.10. The standard InChI is InChI=1S/C26H34N4O4/c1-5-34-26(32)24-17(2)27-23(19(24)7-6-10-30-13-11-29(3)12-14-30)16-21-20-15-18(33-4)8-9-22(20)28-25(21)31/h8-9,15-16,27H,5-7,10-14H2,1-4H3,(H,28,31)/b21-16-. The van der Waals surface area contributed by atoms with Gasteiger partial charge in [0.25, 0.3) is 5.91 Å². The van der Waals surface area contributed by atoms with E-state index < -0.39 is 0 Å². The minimum atomic E-state index is -0.326. The van der Waals surface area contributed by atoms with Crippen LogP contribution in [0.4, 0.5) is 5.69 Å². The topological polar surface area (TPSA) is 86.9 Å². The van der Waals surface area contributed by atoms with Crippen molar-refractivity contribution < 1.29 is 19.1 Å². The summed E-state index contributed by atoms with van der Waals surface area (Å²) in [5.74, 6) is 0.188. The molecule has 3 heterocycles. The number of hydrogen-bond donors (Lipinski definition) is 2. The van der Waals surface area contributed by atoms with E-state index in [0.29, 0.717) is 23.5 Å². The third kappa shape index (κ3) is 5.03. The van der Waals surface area contributed by atoms with Gasteiger partial charge in [-0.1, -0.05) is 0 Å². The van der Waals surface area contributed by atoms with E-state index in [-0.39, 0.29) is 11.9 Å². The van der Waals surface area contributed by atoms with E-state index in [9.17, 15) is 9.59 Å². The molecule has 182 valence electrons. The van der Waals surface area contributed by atoms with E-state index in [1.807, 2.05) is 38.1 Å². The molecule has 2 aliphatic heterocycles. The fourth-order valence-corrected chi connectivity index (χ4v) is 4.70. The van der Waals surface area contributed by atoms with Crippen molar-refractivity contribution in [2.45, 2.75) is 26.7 Å². The average molecular weight is 467 g/mol. The zero-order valence-corrected chi connectivity index (χ0v) is 20.5. The number of carbonyl (C=O) groups excluding carboxylic acids is 2. The average Bonchev–Trinajstić information content (AvgIpc) is 3.30. The molecule has 2 N–H and O–H groups in total. The third-order valence-electron chi connectivity index (χ3n) is 6.60. The fourth-order valence-electron chi connectivity index (χ4n) is 4.70. The minimum Gasteiger partial charge on any atom is -0.497 e. The molecule has 1 aromatic heterocycles. The first-order chi connectivity index (χ1) is 16.4. The van der Waals surface area contributed by atoms with Gasteiger partial charge in [0, 0.05) is 48.8 Å². The second-order valence-electron chi connectivity index (χ2n) is 8.91. The molecule has 0 spiro atoms. The van der Waals surface area contributed by atoms with Crippen LogP contribution >= 0.6 is 0 Å². The number of aromatic nitrogens is 1. The van der Waals surface area contributed by atoms with Crippen molar-refractivity contribution in [2.24, 2.45) is 0 Å². The van der Waals surface area contributed by atoms with Gasteiger partial charge in [0.1, 0.15) is 5.75 Å². The van der Waals surface area contributed by atoms with Crippen LogP contribution in [0.5, 0.6) is 5.75 Å². The number of aryl methyl sites for hydroxylation is 1. The SMILES string of the molecule is CCOC(=O)c1c(C)[nH]c(/C=C2\C(=O)Nc3ccc(OC)cc32)c1CCCN1CCN(C)CC1. The molecular weight excluding hydrogens is 432 g/mol. The van der Waals surface area contributed by atoms with Gasteiger partial charge < -0.3 is 29.6 Å². The summed E-state index contributed by atoms with van der Waals surface area (Å²) in [6.07, 6.45) is 3.48. The number of carbonyl (C=O) groups is 2. The maximum Gasteiger partial charge on any atom is 0.340 e. The molecule has 1 saturated heterocycles. The summed E-state index contributed by atoms with van der Waals surface area (Å²) >= 11 is 0. The number of piperazine rings is 1. The van der Waals surface area contributed by atoms with Crippen LogP contribution < -0.4 is 10.1 Å². The summed E-state index contributed by atoms with van der Waals surface area (Å²) in [5, 5.41) is 2.91. The molecule has 0 radical (unpaired) electrons. The molecule has 1 aromatic carbocycles. The maximum atomic E-state index is 12.8. The minimum absolute atomic E-state index is 0.170. The van der Waals surface area contributed by atoms with E-state index >= 15 is 0 Å². The van der Waals surface area contributed by atoms with E-state index in [1.54, 1.807) is 7.11 Å². The first kappa shape index (κ1) is 24.0. The summed E-state index contributed by atoms with van der Waals surface area (Å²) < 4.78 is 10.7. The van der Waals surface area contributed by atoms with Gasteiger partial charge in [0.05, 0.1) is 24.9 Å². The van der Waals surface area contributed by atoms with Crippen molar-refractivity contribution >= 4 is 29.2 Å². The molecule has 4 rings (SSSR count). The van der Waals surface area contributed by atoms with Gasteiger partial charge in [0.2, 0.25) is 0 Å². The van der Waals surface area contributed by atoms with E-state index in [1.165, 1.54) is 0 Å². The highest BCUT2D eigenvalue weighted by atomic mass is 16.5. The molecule has 0 saturated carbocycles. The lowest BCUT2D eigenvalue weighted by molar-refractivity contribution is -0.110. The van der Waals surface area contributed by atoms with Crippen molar-refractivity contribution in [1.29, 1.82) is 0 Å². The van der Waals surface area contributed by atoms with Crippen molar-refractivity contribution in [1.82, 2.24) is 14.8 Å². The lowest BCUT2D eigenvalue weighted by atomic mass is 10.00. The molecule has 0 aliphatic carbocycles. The second kappa shape index (κ2) is 10.4. The third-order valence-corrected chi connectivity index (χ3v) is 6.60. The normalized spacial score (nSPS) is 17.6. The number of esters is 1. The van der Waals surface area contributed by atoms with E-state index in [4.69, 9.17) is 9.47 Å². The predicted octanol–water partition coefficient (Wildman–Crippen LogP) is 3.18. The van der Waals surface area contributed by atoms with Crippen LogP contribution in [0.3, 0.4) is 0 Å². The first-order valence-electron chi connectivity index (χ1n) is 11.9. The van der Waals surface area contributed by atoms with Crippen LogP contribution in [0.2, 0.25) is 0 Å². The van der Waals surface area contributed by atoms with Gasteiger partial charge in [-0.15, -0.1) is 0 Å². The van der Waals surface area contributed by atoms with Crippen molar-refractivity contribution in [2.75, 3.05) is 58.8 Å². The molecule has 2 aromatic rings. The molecule has 8 nitrogen and oxygen atoms in total. The maximum absolute atomic E-state index is 12.8. The van der Waals surface area contributed by atoms with Gasteiger partial charge in [-0.3, -0.25) is 4.79 Å². The zero-order valence-electron chi connectivity index (χ0n) is 20.5. The molecule has 0 bridgehead atoms. The lowest BCUT2D eigenvalue weighted by Gasteiger charge is -2.32. The number of hydrogen-bond acceptors (Lipinski definition) is 6. The number of anilines is 1. The van der Waals surface area contributed by atoms with E-state index in [0.717, 1.165) is 73.8 Å². The van der Waals surface area contributed by atoms with Gasteiger partial charge in [-0.2, -0.15) is 0 Å². The van der Waals surface area contributed by atoms with Crippen LogP contribution in [-0.4, -0.2) is 80.1 Å². The van der Waals surface area contributed by atoms with Gasteiger partial charge >= 0.3 is 5.97 Å². The number of nitrogens with zero attached hydrogens (tertiary/aromatic N) is 2. The van der Waals surface area contributed by atoms with Crippen LogP contribution in [-0.2, 0) is 16.0 Å². The Hall–Kier alpha value is -3.10.